The van der Waals surface area contributed by atoms with Crippen LogP contribution in [0.2, 0.25) is 0 Å². The number of carbonyl (C=O) groups is 2. The monoisotopic (exact) mass is 564 g/mol. The minimum absolute atomic E-state index is 0.135. The zero-order chi connectivity index (χ0) is 29.7. The number of unbranched alkanes of at least 4 members (excludes halogenated alkanes) is 14. The van der Waals surface area contributed by atoms with Crippen LogP contribution in [0.15, 0.2) is 24.3 Å². The molecule has 0 aliphatic rings. The number of esters is 2. The van der Waals surface area contributed by atoms with Gasteiger partial charge in [-0.05, 0) is 65.5 Å². The van der Waals surface area contributed by atoms with E-state index in [2.05, 4.69) is 38.2 Å². The second kappa shape index (κ2) is 28.9. The molecule has 6 heteroatoms. The van der Waals surface area contributed by atoms with Gasteiger partial charge in [-0.3, -0.25) is 9.59 Å². The second-order valence-electron chi connectivity index (χ2n) is 11.4. The third-order valence-corrected chi connectivity index (χ3v) is 7.04. The van der Waals surface area contributed by atoms with Crippen molar-refractivity contribution in [2.75, 3.05) is 27.2 Å². The molecular formula is C34H64N2O4. The van der Waals surface area contributed by atoms with E-state index < -0.39 is 12.2 Å². The number of nitrogens with zero attached hydrogens (tertiary/aromatic N) is 1. The summed E-state index contributed by atoms with van der Waals surface area (Å²) in [7, 11) is 3.83. The molecule has 0 rings (SSSR count). The van der Waals surface area contributed by atoms with E-state index in [4.69, 9.17) is 15.2 Å². The standard InChI is InChI=1S/C34H64N2O4/c1-5-7-9-11-13-15-17-19-21-23-25-27-33(37)39-31(29-35)32(30-36(3)4)40-34(38)28-26-24-22-20-18-16-14-12-10-8-6-2/h11-14,31-32H,5-10,15-30,35H2,1-4H3/b13-11-,14-12-. The summed E-state index contributed by atoms with van der Waals surface area (Å²) in [6.07, 6.45) is 29.2. The van der Waals surface area contributed by atoms with Gasteiger partial charge in [0.05, 0.1) is 0 Å². The first-order valence-electron chi connectivity index (χ1n) is 16.5. The van der Waals surface area contributed by atoms with Gasteiger partial charge in [-0.1, -0.05) is 102 Å². The fourth-order valence-corrected chi connectivity index (χ4v) is 4.56. The number of nitrogens with two attached hydrogens (primary N) is 1. The maximum Gasteiger partial charge on any atom is 0.306 e. The van der Waals surface area contributed by atoms with Crippen molar-refractivity contribution in [2.24, 2.45) is 5.73 Å². The Morgan fingerprint density at radius 1 is 0.600 bits per heavy atom. The van der Waals surface area contributed by atoms with Gasteiger partial charge >= 0.3 is 11.9 Å². The molecule has 0 heterocycles. The van der Waals surface area contributed by atoms with Gasteiger partial charge in [0.25, 0.3) is 0 Å². The Morgan fingerprint density at radius 2 is 0.975 bits per heavy atom. The molecule has 6 nitrogen and oxygen atoms in total. The molecule has 0 fully saturated rings. The zero-order valence-electron chi connectivity index (χ0n) is 26.7. The Kier molecular flexibility index (Phi) is 27.7. The van der Waals surface area contributed by atoms with Gasteiger partial charge in [0, 0.05) is 25.9 Å². The van der Waals surface area contributed by atoms with Gasteiger partial charge in [0.15, 0.2) is 12.2 Å². The van der Waals surface area contributed by atoms with E-state index in [1.165, 1.54) is 64.2 Å². The topological polar surface area (TPSA) is 81.9 Å². The lowest BCUT2D eigenvalue weighted by Gasteiger charge is -2.28. The molecule has 2 atom stereocenters. The van der Waals surface area contributed by atoms with E-state index in [0.717, 1.165) is 51.4 Å². The van der Waals surface area contributed by atoms with Crippen LogP contribution in [0.4, 0.5) is 0 Å². The molecule has 0 aliphatic heterocycles. The molecule has 0 saturated heterocycles. The van der Waals surface area contributed by atoms with Gasteiger partial charge in [-0.25, -0.2) is 0 Å². The fourth-order valence-electron chi connectivity index (χ4n) is 4.56. The highest BCUT2D eigenvalue weighted by atomic mass is 16.6. The molecule has 0 spiro atoms. The van der Waals surface area contributed by atoms with E-state index >= 15 is 0 Å². The van der Waals surface area contributed by atoms with Crippen LogP contribution in [-0.2, 0) is 19.1 Å². The van der Waals surface area contributed by atoms with E-state index in [9.17, 15) is 9.59 Å². The summed E-state index contributed by atoms with van der Waals surface area (Å²) in [4.78, 5) is 27.0. The maximum atomic E-state index is 12.6. The van der Waals surface area contributed by atoms with Crippen molar-refractivity contribution in [1.82, 2.24) is 4.90 Å². The maximum absolute atomic E-state index is 12.6. The molecule has 0 aromatic carbocycles. The van der Waals surface area contributed by atoms with Crippen molar-refractivity contribution < 1.29 is 19.1 Å². The molecule has 2 N–H and O–H groups in total. The van der Waals surface area contributed by atoms with Crippen LogP contribution in [0, 0.1) is 0 Å². The van der Waals surface area contributed by atoms with Crippen LogP contribution in [0.5, 0.6) is 0 Å². The summed E-state index contributed by atoms with van der Waals surface area (Å²) in [6, 6.07) is 0. The van der Waals surface area contributed by atoms with Crippen molar-refractivity contribution in [2.45, 2.75) is 154 Å². The SMILES string of the molecule is CCCC/C=C\CCCCCCCC(=O)OC(CN)C(CN(C)C)OC(=O)CCCCCCC/C=C\CCCC. The van der Waals surface area contributed by atoms with Gasteiger partial charge in [0.2, 0.25) is 0 Å². The number of ether oxygens (including phenoxy) is 2. The van der Waals surface area contributed by atoms with Crippen LogP contribution in [-0.4, -0.2) is 56.2 Å². The average Bonchev–Trinajstić information content (AvgIpc) is 2.92. The second-order valence-corrected chi connectivity index (χ2v) is 11.4. The first-order chi connectivity index (χ1) is 19.4. The number of rotatable bonds is 28. The largest absolute Gasteiger partial charge is 0.457 e. The van der Waals surface area contributed by atoms with Gasteiger partial charge in [-0.2, -0.15) is 0 Å². The minimum atomic E-state index is -0.622. The van der Waals surface area contributed by atoms with E-state index in [1.807, 2.05) is 19.0 Å². The van der Waals surface area contributed by atoms with Crippen molar-refractivity contribution >= 4 is 11.9 Å². The molecule has 0 aliphatic carbocycles. The molecule has 0 radical (unpaired) electrons. The van der Waals surface area contributed by atoms with E-state index in [-0.39, 0.29) is 18.5 Å². The third kappa shape index (κ3) is 25.3. The van der Waals surface area contributed by atoms with E-state index in [1.54, 1.807) is 0 Å². The Morgan fingerprint density at radius 3 is 1.38 bits per heavy atom. The summed E-state index contributed by atoms with van der Waals surface area (Å²) in [5.41, 5.74) is 5.95. The first-order valence-corrected chi connectivity index (χ1v) is 16.5. The molecule has 0 aromatic rings. The van der Waals surface area contributed by atoms with Gasteiger partial charge in [-0.15, -0.1) is 0 Å². The third-order valence-electron chi connectivity index (χ3n) is 7.04. The quantitative estimate of drug-likeness (QED) is 0.0585. The van der Waals surface area contributed by atoms with Crippen molar-refractivity contribution in [3.63, 3.8) is 0 Å². The predicted octanol–water partition coefficient (Wildman–Crippen LogP) is 8.28. The highest BCUT2D eigenvalue weighted by Gasteiger charge is 2.28. The summed E-state index contributed by atoms with van der Waals surface area (Å²) < 4.78 is 11.5. The summed E-state index contributed by atoms with van der Waals surface area (Å²) >= 11 is 0. The lowest BCUT2D eigenvalue weighted by Crippen LogP contribution is -2.45. The fraction of sp³-hybridized carbons (Fsp3) is 0.824. The lowest BCUT2D eigenvalue weighted by atomic mass is 10.1. The number of hydrogen-bond donors (Lipinski definition) is 1. The average molecular weight is 565 g/mol. The highest BCUT2D eigenvalue weighted by Crippen LogP contribution is 2.14. The summed E-state index contributed by atoms with van der Waals surface area (Å²) in [6.45, 7) is 5.04. The molecule has 0 aromatic heterocycles. The normalized spacial score (nSPS) is 13.3. The molecule has 0 bridgehead atoms. The number of allylic oxidation sites excluding steroid dienone is 4. The molecule has 2 unspecified atom stereocenters. The number of likely N-dealkylation sites (N-methyl/N-ethyl adjacent to an activating group) is 1. The summed E-state index contributed by atoms with van der Waals surface area (Å²) in [5, 5.41) is 0. The Bertz CT molecular complexity index is 648. The predicted molar refractivity (Wildman–Crippen MR) is 169 cm³/mol. The van der Waals surface area contributed by atoms with Crippen molar-refractivity contribution in [1.29, 1.82) is 0 Å². The van der Waals surface area contributed by atoms with Crippen molar-refractivity contribution in [3.8, 4) is 0 Å². The lowest BCUT2D eigenvalue weighted by molar-refractivity contribution is -0.168. The van der Waals surface area contributed by atoms with Crippen LogP contribution in [0.1, 0.15) is 142 Å². The Hall–Kier alpha value is -1.66. The summed E-state index contributed by atoms with van der Waals surface area (Å²) in [5.74, 6) is -0.491. The van der Waals surface area contributed by atoms with Crippen molar-refractivity contribution in [3.05, 3.63) is 24.3 Å². The molecule has 234 valence electrons. The minimum Gasteiger partial charge on any atom is -0.457 e. The van der Waals surface area contributed by atoms with Crippen LogP contribution in [0.25, 0.3) is 0 Å². The Balaban J connectivity index is 4.19. The van der Waals surface area contributed by atoms with Crippen LogP contribution < -0.4 is 5.73 Å². The number of carbonyl (C=O) groups excluding carboxylic acids is 2. The van der Waals surface area contributed by atoms with Gasteiger partial charge in [0.1, 0.15) is 0 Å². The van der Waals surface area contributed by atoms with Gasteiger partial charge < -0.3 is 20.1 Å². The molecular weight excluding hydrogens is 500 g/mol. The molecule has 0 saturated carbocycles. The molecule has 40 heavy (non-hydrogen) atoms. The van der Waals surface area contributed by atoms with Crippen LogP contribution in [0.3, 0.4) is 0 Å². The molecule has 0 amide bonds. The number of hydrogen-bond acceptors (Lipinski definition) is 6. The Labute approximate surface area is 247 Å². The smallest absolute Gasteiger partial charge is 0.306 e. The van der Waals surface area contributed by atoms with E-state index in [0.29, 0.717) is 19.4 Å². The van der Waals surface area contributed by atoms with Crippen LogP contribution >= 0.6 is 0 Å². The highest BCUT2D eigenvalue weighted by molar-refractivity contribution is 5.70. The zero-order valence-corrected chi connectivity index (χ0v) is 26.7. The first kappa shape index (κ1) is 38.3.